The molecule has 0 spiro atoms. The number of alkyl halides is 2. The molecule has 0 atom stereocenters. The molecule has 1 aromatic rings. The van der Waals surface area contributed by atoms with Gasteiger partial charge in [-0.2, -0.15) is 0 Å². The monoisotopic (exact) mass is 274 g/mol. The first kappa shape index (κ1) is 13.5. The molecule has 1 fully saturated rings. The van der Waals surface area contributed by atoms with Crippen LogP contribution in [0.1, 0.15) is 44.6 Å². The Labute approximate surface area is 109 Å². The van der Waals surface area contributed by atoms with Crippen LogP contribution in [0.3, 0.4) is 0 Å². The number of esters is 1. The van der Waals surface area contributed by atoms with Crippen molar-refractivity contribution in [3.63, 3.8) is 0 Å². The molecule has 0 amide bonds. The quantitative estimate of drug-likeness (QED) is 0.763. The second kappa shape index (κ2) is 5.78. The van der Waals surface area contributed by atoms with Crippen LogP contribution in [0.5, 0.6) is 5.06 Å². The van der Waals surface area contributed by atoms with Gasteiger partial charge in [-0.05, 0) is 31.6 Å². The van der Waals surface area contributed by atoms with E-state index in [0.29, 0.717) is 5.92 Å². The molecule has 0 saturated heterocycles. The molecule has 2 nitrogen and oxygen atoms in total. The lowest BCUT2D eigenvalue weighted by Gasteiger charge is -2.24. The number of rotatable bonds is 3. The highest BCUT2D eigenvalue weighted by atomic mass is 32.1. The molecule has 2 rings (SSSR count). The molecule has 0 bridgehead atoms. The average Bonchev–Trinajstić information content (AvgIpc) is 2.78. The van der Waals surface area contributed by atoms with Gasteiger partial charge in [0.2, 0.25) is 0 Å². The Morgan fingerprint density at radius 3 is 2.61 bits per heavy atom. The number of halogens is 2. The fourth-order valence-corrected chi connectivity index (χ4v) is 2.93. The predicted octanol–water partition coefficient (Wildman–Crippen LogP) is 4.42. The molecule has 1 saturated carbocycles. The van der Waals surface area contributed by atoms with Crippen LogP contribution in [-0.2, 0) is 4.79 Å². The van der Waals surface area contributed by atoms with E-state index in [1.807, 2.05) is 0 Å². The van der Waals surface area contributed by atoms with E-state index in [1.54, 1.807) is 0 Å². The summed E-state index contributed by atoms with van der Waals surface area (Å²) in [6.07, 6.45) is 1.24. The number of hydrogen-bond donors (Lipinski definition) is 0. The summed E-state index contributed by atoms with van der Waals surface area (Å²) in [6, 6.07) is 1.25. The summed E-state index contributed by atoms with van der Waals surface area (Å²) in [7, 11) is 0. The lowest BCUT2D eigenvalue weighted by molar-refractivity contribution is -0.140. The Bertz CT molecular complexity index is 409. The van der Waals surface area contributed by atoms with Crippen LogP contribution in [0.15, 0.2) is 11.4 Å². The van der Waals surface area contributed by atoms with E-state index in [0.717, 1.165) is 37.0 Å². The van der Waals surface area contributed by atoms with Crippen LogP contribution in [0, 0.1) is 11.8 Å². The van der Waals surface area contributed by atoms with Crippen LogP contribution < -0.4 is 4.74 Å². The fourth-order valence-electron chi connectivity index (χ4n) is 2.18. The standard InChI is InChI=1S/C13H16F2O2S/c1-8-2-4-9(5-3-8)13(16)17-11-6-10(7-18-11)12(14)15/h6-9,12H,2-5H2,1H3/t8-,9-. The Kier molecular flexibility index (Phi) is 4.32. The van der Waals surface area contributed by atoms with E-state index in [-0.39, 0.29) is 22.5 Å². The van der Waals surface area contributed by atoms with Crippen LogP contribution in [0.2, 0.25) is 0 Å². The van der Waals surface area contributed by atoms with Gasteiger partial charge < -0.3 is 4.74 Å². The summed E-state index contributed by atoms with van der Waals surface area (Å²) >= 11 is 1.05. The van der Waals surface area contributed by atoms with Gasteiger partial charge in [0.05, 0.1) is 5.92 Å². The second-order valence-electron chi connectivity index (χ2n) is 4.88. The molecule has 1 aliphatic carbocycles. The van der Waals surface area contributed by atoms with Crippen molar-refractivity contribution in [2.45, 2.75) is 39.0 Å². The van der Waals surface area contributed by atoms with Crippen LogP contribution in [-0.4, -0.2) is 5.97 Å². The fraction of sp³-hybridized carbons (Fsp3) is 0.615. The highest BCUT2D eigenvalue weighted by Crippen LogP contribution is 2.33. The molecule has 1 aromatic heterocycles. The molecule has 1 aliphatic rings. The molecule has 0 unspecified atom stereocenters. The minimum absolute atomic E-state index is 0.0710. The van der Waals surface area contributed by atoms with Crippen molar-refractivity contribution in [2.75, 3.05) is 0 Å². The lowest BCUT2D eigenvalue weighted by atomic mass is 9.83. The van der Waals surface area contributed by atoms with Gasteiger partial charge >= 0.3 is 5.97 Å². The normalized spacial score (nSPS) is 24.2. The third kappa shape index (κ3) is 3.28. The Hall–Kier alpha value is -0.970. The van der Waals surface area contributed by atoms with Crippen LogP contribution in [0.4, 0.5) is 8.78 Å². The van der Waals surface area contributed by atoms with Gasteiger partial charge in [-0.1, -0.05) is 6.92 Å². The minimum Gasteiger partial charge on any atom is -0.415 e. The third-order valence-corrected chi connectivity index (χ3v) is 4.22. The molecular weight excluding hydrogens is 258 g/mol. The molecule has 1 heterocycles. The van der Waals surface area contributed by atoms with Gasteiger partial charge in [-0.25, -0.2) is 8.78 Å². The lowest BCUT2D eigenvalue weighted by Crippen LogP contribution is -2.24. The first-order chi connectivity index (χ1) is 8.56. The molecular formula is C13H16F2O2S. The highest BCUT2D eigenvalue weighted by molar-refractivity contribution is 7.12. The van der Waals surface area contributed by atoms with Gasteiger partial charge in [0.25, 0.3) is 6.43 Å². The van der Waals surface area contributed by atoms with Crippen molar-refractivity contribution in [1.82, 2.24) is 0 Å². The van der Waals surface area contributed by atoms with Gasteiger partial charge in [0.1, 0.15) is 0 Å². The van der Waals surface area contributed by atoms with Crippen molar-refractivity contribution in [3.05, 3.63) is 17.0 Å². The van der Waals surface area contributed by atoms with Crippen molar-refractivity contribution >= 4 is 17.3 Å². The van der Waals surface area contributed by atoms with Crippen molar-refractivity contribution in [3.8, 4) is 5.06 Å². The summed E-state index contributed by atoms with van der Waals surface area (Å²) < 4.78 is 29.9. The van der Waals surface area contributed by atoms with Gasteiger partial charge in [-0.3, -0.25) is 4.79 Å². The number of carbonyl (C=O) groups excluding carboxylic acids is 1. The van der Waals surface area contributed by atoms with Crippen molar-refractivity contribution in [1.29, 1.82) is 0 Å². The van der Waals surface area contributed by atoms with E-state index in [2.05, 4.69) is 6.92 Å². The minimum atomic E-state index is -2.51. The second-order valence-corrected chi connectivity index (χ2v) is 5.75. The largest absolute Gasteiger partial charge is 0.415 e. The van der Waals surface area contributed by atoms with Gasteiger partial charge in [-0.15, -0.1) is 11.3 Å². The summed E-state index contributed by atoms with van der Waals surface area (Å²) in [6.45, 7) is 2.18. The summed E-state index contributed by atoms with van der Waals surface area (Å²) in [5, 5.41) is 1.60. The van der Waals surface area contributed by atoms with E-state index >= 15 is 0 Å². The maximum Gasteiger partial charge on any atom is 0.315 e. The van der Waals surface area contributed by atoms with Crippen LogP contribution >= 0.6 is 11.3 Å². The van der Waals surface area contributed by atoms with Gasteiger partial charge in [0.15, 0.2) is 5.06 Å². The summed E-state index contributed by atoms with van der Waals surface area (Å²) in [5.74, 6) is 0.323. The number of thiophene rings is 1. The van der Waals surface area contributed by atoms with Crippen molar-refractivity contribution < 1.29 is 18.3 Å². The molecule has 5 heteroatoms. The Balaban J connectivity index is 1.90. The zero-order valence-electron chi connectivity index (χ0n) is 10.2. The number of hydrogen-bond acceptors (Lipinski definition) is 3. The maximum absolute atomic E-state index is 12.4. The smallest absolute Gasteiger partial charge is 0.315 e. The first-order valence-corrected chi connectivity index (χ1v) is 7.02. The first-order valence-electron chi connectivity index (χ1n) is 6.14. The Morgan fingerprint density at radius 1 is 1.39 bits per heavy atom. The third-order valence-electron chi connectivity index (χ3n) is 3.40. The average molecular weight is 274 g/mol. The predicted molar refractivity (Wildman–Crippen MR) is 66.0 cm³/mol. The zero-order valence-corrected chi connectivity index (χ0v) is 11.0. The van der Waals surface area contributed by atoms with Crippen molar-refractivity contribution in [2.24, 2.45) is 11.8 Å². The van der Waals surface area contributed by atoms with Gasteiger partial charge in [0, 0.05) is 17.0 Å². The Morgan fingerprint density at radius 2 is 2.06 bits per heavy atom. The van der Waals surface area contributed by atoms with E-state index in [1.165, 1.54) is 11.4 Å². The summed E-state index contributed by atoms with van der Waals surface area (Å²) in [5.41, 5.74) is -0.0833. The van der Waals surface area contributed by atoms with E-state index < -0.39 is 6.43 Å². The van der Waals surface area contributed by atoms with Crippen LogP contribution in [0.25, 0.3) is 0 Å². The van der Waals surface area contributed by atoms with E-state index in [9.17, 15) is 13.6 Å². The summed E-state index contributed by atoms with van der Waals surface area (Å²) in [4.78, 5) is 11.9. The highest BCUT2D eigenvalue weighted by Gasteiger charge is 2.26. The van der Waals surface area contributed by atoms with E-state index in [4.69, 9.17) is 4.74 Å². The SMILES string of the molecule is C[C@H]1CC[C@H](C(=O)Oc2cc(C(F)F)cs2)CC1. The molecule has 0 N–H and O–H groups in total. The molecule has 0 aromatic carbocycles. The zero-order chi connectivity index (χ0) is 13.1. The topological polar surface area (TPSA) is 26.3 Å². The molecule has 18 heavy (non-hydrogen) atoms. The number of ether oxygens (including phenoxy) is 1. The molecule has 100 valence electrons. The molecule has 0 radical (unpaired) electrons. The number of carbonyl (C=O) groups is 1. The molecule has 0 aliphatic heterocycles. The maximum atomic E-state index is 12.4.